The largest absolute Gasteiger partial charge is 0.355 e. The Labute approximate surface area is 161 Å². The van der Waals surface area contributed by atoms with Crippen molar-refractivity contribution in [3.63, 3.8) is 0 Å². The number of hydrogen-bond donors (Lipinski definition) is 1. The summed E-state index contributed by atoms with van der Waals surface area (Å²) in [5.74, 6) is 2.16. The molecule has 4 rings (SSSR count). The van der Waals surface area contributed by atoms with E-state index in [4.69, 9.17) is 4.52 Å². The lowest BCUT2D eigenvalue weighted by atomic mass is 9.97. The molecule has 0 aliphatic carbocycles. The van der Waals surface area contributed by atoms with E-state index >= 15 is 0 Å². The van der Waals surface area contributed by atoms with Gasteiger partial charge in [-0.05, 0) is 18.4 Å². The van der Waals surface area contributed by atoms with Crippen LogP contribution in [0.1, 0.15) is 42.0 Å². The lowest BCUT2D eigenvalue weighted by Crippen LogP contribution is -2.49. The van der Waals surface area contributed by atoms with Crippen molar-refractivity contribution in [3.05, 3.63) is 47.6 Å². The van der Waals surface area contributed by atoms with Gasteiger partial charge in [-0.1, -0.05) is 35.5 Å². The molecule has 0 bridgehead atoms. The normalized spacial score (nSPS) is 20.2. The summed E-state index contributed by atoms with van der Waals surface area (Å²) in [6, 6.07) is 10.1. The van der Waals surface area contributed by atoms with Crippen LogP contribution in [0.4, 0.5) is 0 Å². The molecule has 2 fully saturated rings. The standard InChI is InChI=1S/C19H22N4O3S/c24-16(12-27-11-13-5-2-1-3-6-13)23-9-14(10-23)19-21-17(22-26-19)15-7-4-8-20-18(15)25/h1-3,5-6,14-15H,4,7-12H2,(H,20,25). The Morgan fingerprint density at radius 2 is 2.11 bits per heavy atom. The minimum Gasteiger partial charge on any atom is -0.355 e. The summed E-state index contributed by atoms with van der Waals surface area (Å²) in [6.07, 6.45) is 1.67. The van der Waals surface area contributed by atoms with E-state index in [1.165, 1.54) is 5.56 Å². The summed E-state index contributed by atoms with van der Waals surface area (Å²) in [5.41, 5.74) is 1.22. The van der Waals surface area contributed by atoms with Crippen LogP contribution in [0.5, 0.6) is 0 Å². The predicted molar refractivity (Wildman–Crippen MR) is 101 cm³/mol. The second-order valence-electron chi connectivity index (χ2n) is 6.95. The third kappa shape index (κ3) is 4.16. The molecule has 3 heterocycles. The van der Waals surface area contributed by atoms with Gasteiger partial charge in [-0.15, -0.1) is 11.8 Å². The summed E-state index contributed by atoms with van der Waals surface area (Å²) < 4.78 is 5.35. The summed E-state index contributed by atoms with van der Waals surface area (Å²) in [7, 11) is 0. The quantitative estimate of drug-likeness (QED) is 0.816. The van der Waals surface area contributed by atoms with E-state index in [0.717, 1.165) is 18.6 Å². The smallest absolute Gasteiger partial charge is 0.233 e. The zero-order chi connectivity index (χ0) is 18.6. The number of aromatic nitrogens is 2. The maximum atomic E-state index is 12.3. The number of likely N-dealkylation sites (tertiary alicyclic amines) is 1. The fourth-order valence-electron chi connectivity index (χ4n) is 3.33. The van der Waals surface area contributed by atoms with Gasteiger partial charge in [-0.3, -0.25) is 9.59 Å². The lowest BCUT2D eigenvalue weighted by molar-refractivity contribution is -0.133. The number of amides is 2. The van der Waals surface area contributed by atoms with Gasteiger partial charge < -0.3 is 14.7 Å². The van der Waals surface area contributed by atoms with Gasteiger partial charge in [-0.25, -0.2) is 0 Å². The Hall–Kier alpha value is -2.35. The molecule has 1 atom stereocenters. The van der Waals surface area contributed by atoms with Crippen molar-refractivity contribution in [1.82, 2.24) is 20.4 Å². The summed E-state index contributed by atoms with van der Waals surface area (Å²) in [4.78, 5) is 30.4. The minimum atomic E-state index is -0.316. The third-order valence-corrected chi connectivity index (χ3v) is 5.96. The van der Waals surface area contributed by atoms with Crippen LogP contribution in [0.25, 0.3) is 0 Å². The number of rotatable bonds is 6. The van der Waals surface area contributed by atoms with Crippen molar-refractivity contribution in [3.8, 4) is 0 Å². The molecule has 0 saturated carbocycles. The maximum Gasteiger partial charge on any atom is 0.233 e. The van der Waals surface area contributed by atoms with Crippen molar-refractivity contribution in [2.45, 2.75) is 30.4 Å². The Kier molecular flexibility index (Phi) is 5.42. The number of carbonyl (C=O) groups is 2. The van der Waals surface area contributed by atoms with Crippen LogP contribution >= 0.6 is 11.8 Å². The van der Waals surface area contributed by atoms with E-state index < -0.39 is 0 Å². The highest BCUT2D eigenvalue weighted by molar-refractivity contribution is 7.99. The molecule has 142 valence electrons. The first kappa shape index (κ1) is 18.0. The van der Waals surface area contributed by atoms with Crippen LogP contribution in [0.3, 0.4) is 0 Å². The topological polar surface area (TPSA) is 88.3 Å². The fraction of sp³-hybridized carbons (Fsp3) is 0.474. The van der Waals surface area contributed by atoms with Crippen molar-refractivity contribution < 1.29 is 14.1 Å². The van der Waals surface area contributed by atoms with Gasteiger partial charge in [0.25, 0.3) is 0 Å². The Bertz CT molecular complexity index is 804. The predicted octanol–water partition coefficient (Wildman–Crippen LogP) is 1.92. The molecule has 2 aliphatic heterocycles. The number of nitrogens with one attached hydrogen (secondary N) is 1. The first-order valence-electron chi connectivity index (χ1n) is 9.21. The number of thioether (sulfide) groups is 1. The van der Waals surface area contributed by atoms with Gasteiger partial charge in [0.05, 0.1) is 11.7 Å². The molecule has 1 unspecified atom stereocenters. The fourth-order valence-corrected chi connectivity index (χ4v) is 4.22. The lowest BCUT2D eigenvalue weighted by Gasteiger charge is -2.37. The van der Waals surface area contributed by atoms with Crippen molar-refractivity contribution in [1.29, 1.82) is 0 Å². The second-order valence-corrected chi connectivity index (χ2v) is 7.94. The Balaban J connectivity index is 1.23. The molecule has 27 heavy (non-hydrogen) atoms. The minimum absolute atomic E-state index is 0.0329. The van der Waals surface area contributed by atoms with Gasteiger partial charge in [0.15, 0.2) is 5.82 Å². The van der Waals surface area contributed by atoms with Gasteiger partial charge in [0.2, 0.25) is 17.7 Å². The van der Waals surface area contributed by atoms with Crippen LogP contribution in [0.2, 0.25) is 0 Å². The molecule has 2 aliphatic rings. The number of hydrogen-bond acceptors (Lipinski definition) is 6. The number of benzene rings is 1. The third-order valence-electron chi connectivity index (χ3n) is 4.97. The number of carbonyl (C=O) groups excluding carboxylic acids is 2. The average molecular weight is 386 g/mol. The van der Waals surface area contributed by atoms with Gasteiger partial charge >= 0.3 is 0 Å². The highest BCUT2D eigenvalue weighted by Crippen LogP contribution is 2.29. The second kappa shape index (κ2) is 8.12. The average Bonchev–Trinajstić information content (AvgIpc) is 3.11. The molecule has 1 N–H and O–H groups in total. The molecule has 2 aromatic rings. The zero-order valence-corrected chi connectivity index (χ0v) is 15.8. The van der Waals surface area contributed by atoms with Crippen LogP contribution < -0.4 is 5.32 Å². The summed E-state index contributed by atoms with van der Waals surface area (Å²) >= 11 is 1.63. The van der Waals surface area contributed by atoms with Gasteiger partial charge in [0.1, 0.15) is 5.92 Å². The zero-order valence-electron chi connectivity index (χ0n) is 15.0. The molecule has 8 heteroatoms. The van der Waals surface area contributed by atoms with Gasteiger partial charge in [0, 0.05) is 25.4 Å². The maximum absolute atomic E-state index is 12.3. The summed E-state index contributed by atoms with van der Waals surface area (Å²) in [6.45, 7) is 1.91. The van der Waals surface area contributed by atoms with Crippen molar-refractivity contribution in [2.24, 2.45) is 0 Å². The molecule has 1 aromatic heterocycles. The van der Waals surface area contributed by atoms with Crippen LogP contribution in [0.15, 0.2) is 34.9 Å². The van der Waals surface area contributed by atoms with Gasteiger partial charge in [-0.2, -0.15) is 4.98 Å². The molecule has 2 amide bonds. The molecular weight excluding hydrogens is 364 g/mol. The van der Waals surface area contributed by atoms with Crippen LogP contribution in [-0.2, 0) is 15.3 Å². The Morgan fingerprint density at radius 3 is 2.89 bits per heavy atom. The highest BCUT2D eigenvalue weighted by atomic mass is 32.2. The molecule has 7 nitrogen and oxygen atoms in total. The van der Waals surface area contributed by atoms with E-state index in [9.17, 15) is 9.59 Å². The van der Waals surface area contributed by atoms with E-state index in [2.05, 4.69) is 27.6 Å². The number of piperidine rings is 1. The Morgan fingerprint density at radius 1 is 1.30 bits per heavy atom. The van der Waals surface area contributed by atoms with E-state index in [1.54, 1.807) is 11.8 Å². The first-order chi connectivity index (χ1) is 13.2. The van der Waals surface area contributed by atoms with E-state index in [1.807, 2.05) is 23.1 Å². The molecule has 0 spiro atoms. The number of nitrogens with zero attached hydrogens (tertiary/aromatic N) is 3. The molecule has 1 aromatic carbocycles. The van der Waals surface area contributed by atoms with E-state index in [0.29, 0.717) is 37.1 Å². The van der Waals surface area contributed by atoms with Crippen LogP contribution in [-0.4, -0.2) is 52.2 Å². The molecule has 0 radical (unpaired) electrons. The SMILES string of the molecule is O=C1NCCCC1c1noc(C2CN(C(=O)CSCc3ccccc3)C2)n1. The molecule has 2 saturated heterocycles. The molecular formula is C19H22N4O3S. The van der Waals surface area contributed by atoms with E-state index in [-0.39, 0.29) is 23.7 Å². The monoisotopic (exact) mass is 386 g/mol. The first-order valence-corrected chi connectivity index (χ1v) is 10.4. The highest BCUT2D eigenvalue weighted by Gasteiger charge is 2.37. The van der Waals surface area contributed by atoms with Crippen molar-refractivity contribution >= 4 is 23.6 Å². The van der Waals surface area contributed by atoms with Crippen molar-refractivity contribution in [2.75, 3.05) is 25.4 Å². The van der Waals surface area contributed by atoms with Crippen LogP contribution in [0, 0.1) is 0 Å². The summed E-state index contributed by atoms with van der Waals surface area (Å²) in [5, 5.41) is 6.83.